The number of carbonyl (C=O) groups is 1. The van der Waals surface area contributed by atoms with Gasteiger partial charge in [0, 0.05) is 12.5 Å². The van der Waals surface area contributed by atoms with E-state index in [1.54, 1.807) is 13.2 Å². The predicted molar refractivity (Wildman–Crippen MR) is 136 cm³/mol. The summed E-state index contributed by atoms with van der Waals surface area (Å²) in [4.78, 5) is 10.9. The summed E-state index contributed by atoms with van der Waals surface area (Å²) in [5.74, 6) is -0.149. The molecule has 4 heteroatoms. The Bertz CT molecular complexity index is 1260. The summed E-state index contributed by atoms with van der Waals surface area (Å²) in [6.45, 7) is 2.15. The van der Waals surface area contributed by atoms with Crippen molar-refractivity contribution in [2.75, 3.05) is 7.11 Å². The fourth-order valence-corrected chi connectivity index (χ4v) is 4.64. The number of fused-ring (bicyclic) bond motifs is 1. The van der Waals surface area contributed by atoms with Gasteiger partial charge in [-0.05, 0) is 69.2 Å². The molecule has 0 heterocycles. The van der Waals surface area contributed by atoms with Gasteiger partial charge in [-0.3, -0.25) is 0 Å². The van der Waals surface area contributed by atoms with E-state index in [0.717, 1.165) is 63.1 Å². The van der Waals surface area contributed by atoms with Gasteiger partial charge in [0.15, 0.2) is 0 Å². The minimum absolute atomic E-state index is 0.769. The fraction of sp³-hybridized carbons (Fsp3) is 0.138. The van der Waals surface area contributed by atoms with Gasteiger partial charge in [-0.2, -0.15) is 0 Å². The number of carboxylic acids is 1. The first kappa shape index (κ1) is 22.6. The summed E-state index contributed by atoms with van der Waals surface area (Å²) in [6.07, 6.45) is 4.34. The zero-order chi connectivity index (χ0) is 23.4. The summed E-state index contributed by atoms with van der Waals surface area (Å²) in [5.41, 5.74) is 8.74. The molecule has 0 aromatic heterocycles. The van der Waals surface area contributed by atoms with Crippen molar-refractivity contribution >= 4 is 39.8 Å². The molecule has 0 unspecified atom stereocenters. The van der Waals surface area contributed by atoms with Crippen molar-refractivity contribution in [1.82, 2.24) is 0 Å². The Balaban J connectivity index is 1.88. The van der Waals surface area contributed by atoms with Gasteiger partial charge >= 0.3 is 5.97 Å². The van der Waals surface area contributed by atoms with Crippen LogP contribution in [0.5, 0.6) is 5.75 Å². The van der Waals surface area contributed by atoms with Crippen molar-refractivity contribution in [2.24, 2.45) is 0 Å². The van der Waals surface area contributed by atoms with Crippen molar-refractivity contribution in [3.63, 3.8) is 0 Å². The predicted octanol–water partition coefficient (Wildman–Crippen LogP) is 7.32. The molecule has 0 fully saturated rings. The van der Waals surface area contributed by atoms with Crippen LogP contribution in [0.1, 0.15) is 41.2 Å². The number of benzene rings is 3. The van der Waals surface area contributed by atoms with Crippen LogP contribution in [0.3, 0.4) is 0 Å². The summed E-state index contributed by atoms with van der Waals surface area (Å²) < 4.78 is 5.35. The normalized spacial score (nSPS) is 13.8. The molecule has 4 rings (SSSR count). The number of ether oxygens (including phenoxy) is 1. The van der Waals surface area contributed by atoms with Gasteiger partial charge in [0.25, 0.3) is 0 Å². The number of rotatable bonds is 7. The van der Waals surface area contributed by atoms with E-state index in [0.29, 0.717) is 0 Å². The topological polar surface area (TPSA) is 46.5 Å². The Labute approximate surface area is 199 Å². The Hall–Kier alpha value is -3.56. The number of allylic oxidation sites excluding steroid dienone is 3. The summed E-state index contributed by atoms with van der Waals surface area (Å²) in [6, 6.07) is 24.3. The highest BCUT2D eigenvalue weighted by molar-refractivity contribution is 6.51. The summed E-state index contributed by atoms with van der Waals surface area (Å²) >= 11 is 6.95. The SMILES string of the molecule is CC/C(=C(\C1=C(Cl)c2ccccc2C1)c1ccc(/C=C/C(=O)O)cc1)c1ccc(OC)cc1. The average Bonchev–Trinajstić information content (AvgIpc) is 3.17. The van der Waals surface area contributed by atoms with E-state index in [-0.39, 0.29) is 0 Å². The lowest BCUT2D eigenvalue weighted by molar-refractivity contribution is -0.131. The first-order valence-electron chi connectivity index (χ1n) is 10.9. The van der Waals surface area contributed by atoms with Crippen molar-refractivity contribution in [3.05, 3.63) is 112 Å². The van der Waals surface area contributed by atoms with Crippen molar-refractivity contribution < 1.29 is 14.6 Å². The van der Waals surface area contributed by atoms with E-state index in [1.165, 1.54) is 11.1 Å². The molecule has 33 heavy (non-hydrogen) atoms. The van der Waals surface area contributed by atoms with Crippen molar-refractivity contribution in [1.29, 1.82) is 0 Å². The highest BCUT2D eigenvalue weighted by Gasteiger charge is 2.25. The minimum atomic E-state index is -0.965. The zero-order valence-electron chi connectivity index (χ0n) is 18.6. The minimum Gasteiger partial charge on any atom is -0.497 e. The van der Waals surface area contributed by atoms with Crippen LogP contribution in [-0.4, -0.2) is 18.2 Å². The maximum Gasteiger partial charge on any atom is 0.328 e. The quantitative estimate of drug-likeness (QED) is 0.299. The molecular formula is C29H25ClO3. The second kappa shape index (κ2) is 9.93. The van der Waals surface area contributed by atoms with E-state index < -0.39 is 5.97 Å². The summed E-state index contributed by atoms with van der Waals surface area (Å²) in [7, 11) is 1.66. The molecule has 0 spiro atoms. The number of hydrogen-bond acceptors (Lipinski definition) is 2. The van der Waals surface area contributed by atoms with Gasteiger partial charge in [0.1, 0.15) is 5.75 Å². The molecule has 0 bridgehead atoms. The van der Waals surface area contributed by atoms with Gasteiger partial charge in [0.05, 0.1) is 12.1 Å². The molecule has 0 saturated carbocycles. The van der Waals surface area contributed by atoms with Crippen molar-refractivity contribution in [3.8, 4) is 5.75 Å². The van der Waals surface area contributed by atoms with Gasteiger partial charge in [-0.15, -0.1) is 0 Å². The largest absolute Gasteiger partial charge is 0.497 e. The van der Waals surface area contributed by atoms with Crippen LogP contribution in [0, 0.1) is 0 Å². The molecule has 3 aromatic rings. The van der Waals surface area contributed by atoms with Crippen LogP contribution in [0.25, 0.3) is 22.3 Å². The molecule has 1 aliphatic carbocycles. The molecule has 1 aliphatic rings. The standard InChI is InChI=1S/C29H25ClO3/c1-3-24(20-13-15-23(33-2)16-14-20)28(21-11-8-19(9-12-21)10-17-27(31)32)26-18-22-6-4-5-7-25(22)29(26)30/h4-17H,3,18H2,1-2H3,(H,31,32)/b17-10+,28-24+. The van der Waals surface area contributed by atoms with E-state index in [2.05, 4.69) is 31.2 Å². The first-order chi connectivity index (χ1) is 16.0. The molecule has 0 radical (unpaired) electrons. The lowest BCUT2D eigenvalue weighted by atomic mass is 9.87. The van der Waals surface area contributed by atoms with E-state index >= 15 is 0 Å². The maximum absolute atomic E-state index is 10.9. The van der Waals surface area contributed by atoms with Gasteiger partial charge in [-0.25, -0.2) is 4.79 Å². The summed E-state index contributed by atoms with van der Waals surface area (Å²) in [5, 5.41) is 9.71. The Morgan fingerprint density at radius 1 is 1.00 bits per heavy atom. The second-order valence-corrected chi connectivity index (χ2v) is 8.23. The third kappa shape index (κ3) is 4.79. The third-order valence-corrected chi connectivity index (χ3v) is 6.33. The van der Waals surface area contributed by atoms with Crippen LogP contribution in [0.15, 0.2) is 84.4 Å². The molecule has 3 aromatic carbocycles. The smallest absolute Gasteiger partial charge is 0.328 e. The maximum atomic E-state index is 10.9. The highest BCUT2D eigenvalue weighted by Crippen LogP contribution is 2.45. The molecule has 0 amide bonds. The Morgan fingerprint density at radius 2 is 1.67 bits per heavy atom. The zero-order valence-corrected chi connectivity index (χ0v) is 19.4. The van der Waals surface area contributed by atoms with E-state index in [9.17, 15) is 4.79 Å². The monoisotopic (exact) mass is 456 g/mol. The van der Waals surface area contributed by atoms with Gasteiger partial charge in [0.2, 0.25) is 0 Å². The number of halogens is 1. The number of hydrogen-bond donors (Lipinski definition) is 1. The third-order valence-electron chi connectivity index (χ3n) is 5.90. The molecule has 166 valence electrons. The van der Waals surface area contributed by atoms with Crippen molar-refractivity contribution in [2.45, 2.75) is 19.8 Å². The number of carboxylic acid groups (broad SMARTS) is 1. The molecule has 3 nitrogen and oxygen atoms in total. The second-order valence-electron chi connectivity index (χ2n) is 7.86. The fourth-order valence-electron chi connectivity index (χ4n) is 4.29. The Morgan fingerprint density at radius 3 is 2.27 bits per heavy atom. The van der Waals surface area contributed by atoms with Crippen LogP contribution in [-0.2, 0) is 11.2 Å². The van der Waals surface area contributed by atoms with Crippen LogP contribution in [0.4, 0.5) is 0 Å². The van der Waals surface area contributed by atoms with Gasteiger partial charge in [-0.1, -0.05) is 79.2 Å². The lowest BCUT2D eigenvalue weighted by Gasteiger charge is -2.18. The molecule has 1 N–H and O–H groups in total. The van der Waals surface area contributed by atoms with Gasteiger partial charge < -0.3 is 9.84 Å². The first-order valence-corrected chi connectivity index (χ1v) is 11.3. The Kier molecular flexibility index (Phi) is 6.81. The number of aliphatic carboxylic acids is 1. The van der Waals surface area contributed by atoms with E-state index in [1.807, 2.05) is 48.5 Å². The number of methoxy groups -OCH3 is 1. The van der Waals surface area contributed by atoms with Crippen LogP contribution >= 0.6 is 11.6 Å². The molecule has 0 saturated heterocycles. The van der Waals surface area contributed by atoms with Crippen LogP contribution < -0.4 is 4.74 Å². The molecular weight excluding hydrogens is 432 g/mol. The molecule has 0 aliphatic heterocycles. The highest BCUT2D eigenvalue weighted by atomic mass is 35.5. The van der Waals surface area contributed by atoms with Crippen LogP contribution in [0.2, 0.25) is 0 Å². The average molecular weight is 457 g/mol. The lowest BCUT2D eigenvalue weighted by Crippen LogP contribution is -1.98. The molecule has 0 atom stereocenters. The van der Waals surface area contributed by atoms with E-state index in [4.69, 9.17) is 21.4 Å².